The Hall–Kier alpha value is -0.990. The molecule has 0 amide bonds. The van der Waals surface area contributed by atoms with Crippen molar-refractivity contribution >= 4 is 11.6 Å². The number of rotatable bonds is 3. The first-order valence-corrected chi connectivity index (χ1v) is 6.45. The normalized spacial score (nSPS) is 27.1. The van der Waals surface area contributed by atoms with Crippen LogP contribution in [0.5, 0.6) is 0 Å². The van der Waals surface area contributed by atoms with Crippen LogP contribution >= 0.6 is 11.6 Å². The highest BCUT2D eigenvalue weighted by Gasteiger charge is 2.42. The minimum absolute atomic E-state index is 0.554. The highest BCUT2D eigenvalue weighted by Crippen LogP contribution is 2.44. The summed E-state index contributed by atoms with van der Waals surface area (Å²) < 4.78 is 29.0. The summed E-state index contributed by atoms with van der Waals surface area (Å²) in [5.41, 5.74) is -0.0746. The van der Waals surface area contributed by atoms with E-state index in [4.69, 9.17) is 20.5 Å². The average molecular weight is 269 g/mol. The van der Waals surface area contributed by atoms with Crippen molar-refractivity contribution in [3.63, 3.8) is 0 Å². The third kappa shape index (κ3) is 2.04. The maximum absolute atomic E-state index is 7.82. The second-order valence-electron chi connectivity index (χ2n) is 4.56. The van der Waals surface area contributed by atoms with E-state index in [0.29, 0.717) is 17.2 Å². The Morgan fingerprint density at radius 1 is 1.44 bits per heavy atom. The second kappa shape index (κ2) is 5.33. The molecular formula is C15H20ClNO. The van der Waals surface area contributed by atoms with Crippen molar-refractivity contribution in [2.45, 2.75) is 24.8 Å². The molecule has 0 aromatic heterocycles. The zero-order valence-corrected chi connectivity index (χ0v) is 11.5. The van der Waals surface area contributed by atoms with Crippen LogP contribution in [-0.2, 0) is 10.3 Å². The molecule has 0 saturated carbocycles. The van der Waals surface area contributed by atoms with Gasteiger partial charge in [-0.05, 0) is 51.0 Å². The van der Waals surface area contributed by atoms with E-state index in [2.05, 4.69) is 0 Å². The number of benzene rings is 1. The van der Waals surface area contributed by atoms with Gasteiger partial charge in [0.05, 0.1) is 7.11 Å². The maximum atomic E-state index is 7.82. The van der Waals surface area contributed by atoms with Gasteiger partial charge in [0.15, 0.2) is 0 Å². The van der Waals surface area contributed by atoms with Crippen molar-refractivity contribution in [2.24, 2.45) is 0 Å². The molecule has 0 fully saturated rings. The summed E-state index contributed by atoms with van der Waals surface area (Å²) in [5.74, 6) is 0.653. The number of hydrogen-bond acceptors (Lipinski definition) is 2. The smallest absolute Gasteiger partial charge is 0.116 e. The summed E-state index contributed by atoms with van der Waals surface area (Å²) >= 11 is 6.37. The lowest BCUT2D eigenvalue weighted by Gasteiger charge is -2.43. The molecule has 18 heavy (non-hydrogen) atoms. The number of likely N-dealkylation sites (N-methyl/N-ethyl adjacent to an activating group) is 1. The van der Waals surface area contributed by atoms with Gasteiger partial charge in [-0.3, -0.25) is 4.90 Å². The largest absolute Gasteiger partial charge is 0.499 e. The first kappa shape index (κ1) is 9.88. The second-order valence-corrected chi connectivity index (χ2v) is 4.97. The van der Waals surface area contributed by atoms with E-state index in [9.17, 15) is 0 Å². The van der Waals surface area contributed by atoms with E-state index in [-0.39, 0.29) is 0 Å². The number of ether oxygens (including phenoxy) is 1. The van der Waals surface area contributed by atoms with Gasteiger partial charge in [-0.25, -0.2) is 0 Å². The van der Waals surface area contributed by atoms with Gasteiger partial charge in [0.2, 0.25) is 0 Å². The highest BCUT2D eigenvalue weighted by molar-refractivity contribution is 6.31. The molecular weight excluding hydrogens is 246 g/mol. The van der Waals surface area contributed by atoms with Crippen molar-refractivity contribution in [1.82, 2.24) is 4.90 Å². The maximum Gasteiger partial charge on any atom is 0.116 e. The number of halogens is 1. The molecule has 3 heteroatoms. The lowest BCUT2D eigenvalue weighted by molar-refractivity contribution is 0.0861. The van der Waals surface area contributed by atoms with Crippen LogP contribution in [0.1, 0.15) is 28.9 Å². The summed E-state index contributed by atoms with van der Waals surface area (Å²) in [6, 6.07) is 7.38. The Kier molecular flexibility index (Phi) is 2.93. The molecule has 98 valence electrons. The molecule has 1 atom stereocenters. The lowest BCUT2D eigenvalue weighted by atomic mass is 9.78. The van der Waals surface area contributed by atoms with Gasteiger partial charge < -0.3 is 4.74 Å². The third-order valence-corrected chi connectivity index (χ3v) is 3.92. The van der Waals surface area contributed by atoms with Crippen LogP contribution in [0.15, 0.2) is 36.1 Å². The fourth-order valence-corrected chi connectivity index (χ4v) is 3.01. The van der Waals surface area contributed by atoms with E-state index in [1.54, 1.807) is 20.2 Å². The third-order valence-electron chi connectivity index (χ3n) is 3.59. The number of hydrogen-bond donors (Lipinski definition) is 0. The minimum atomic E-state index is -2.24. The van der Waals surface area contributed by atoms with Crippen LogP contribution in [0.3, 0.4) is 0 Å². The zero-order chi connectivity index (χ0) is 15.7. The van der Waals surface area contributed by atoms with E-state index in [0.717, 1.165) is 18.4 Å². The van der Waals surface area contributed by atoms with E-state index < -0.39 is 12.5 Å². The molecule has 0 spiro atoms. The summed E-state index contributed by atoms with van der Waals surface area (Å²) in [6.45, 7) is -2.24. The monoisotopic (exact) mass is 268 g/mol. The quantitative estimate of drug-likeness (QED) is 0.827. The van der Waals surface area contributed by atoms with Crippen LogP contribution in [0.25, 0.3) is 0 Å². The van der Waals surface area contributed by atoms with Crippen LogP contribution in [-0.4, -0.2) is 26.0 Å². The Morgan fingerprint density at radius 2 is 2.22 bits per heavy atom. The topological polar surface area (TPSA) is 12.5 Å². The van der Waals surface area contributed by atoms with E-state index in [1.165, 1.54) is 4.90 Å². The first-order chi connectivity index (χ1) is 9.84. The zero-order valence-electron chi connectivity index (χ0n) is 13.7. The molecule has 0 unspecified atom stereocenters. The Bertz CT molecular complexity index is 544. The fraction of sp³-hybridized carbons (Fsp3) is 0.467. The van der Waals surface area contributed by atoms with Gasteiger partial charge >= 0.3 is 0 Å². The predicted molar refractivity (Wildman–Crippen MR) is 75.8 cm³/mol. The SMILES string of the molecule is [2H]C([2H])([2H])N(C)[C@]1(c2ccccc2Cl)CCCC=C1OC. The summed E-state index contributed by atoms with van der Waals surface area (Å²) in [6.07, 6.45) is 4.39. The van der Waals surface area contributed by atoms with Crippen LogP contribution in [0.4, 0.5) is 0 Å². The molecule has 0 aliphatic heterocycles. The molecule has 0 N–H and O–H groups in total. The molecule has 0 heterocycles. The average Bonchev–Trinajstić information content (AvgIpc) is 2.45. The van der Waals surface area contributed by atoms with E-state index >= 15 is 0 Å². The Balaban J connectivity index is 2.68. The number of allylic oxidation sites excluding steroid dienone is 1. The number of nitrogens with zero attached hydrogens (tertiary/aromatic N) is 1. The standard InChI is InChI=1S/C15H20ClNO/c1-17(2)15(11-7-6-10-14(15)18-3)12-8-4-5-9-13(12)16/h4-5,8-10H,6-7,11H2,1-3H3/t15-/m0/s1/i1D3. The molecule has 2 rings (SSSR count). The van der Waals surface area contributed by atoms with Crippen molar-refractivity contribution in [1.29, 1.82) is 0 Å². The van der Waals surface area contributed by atoms with Gasteiger partial charge in [-0.15, -0.1) is 0 Å². The minimum Gasteiger partial charge on any atom is -0.499 e. The van der Waals surface area contributed by atoms with E-state index in [1.807, 2.05) is 24.3 Å². The van der Waals surface area contributed by atoms with Gasteiger partial charge in [0.1, 0.15) is 11.3 Å². The first-order valence-electron chi connectivity index (χ1n) is 7.57. The van der Waals surface area contributed by atoms with Crippen molar-refractivity contribution in [2.75, 3.05) is 21.1 Å². The number of methoxy groups -OCH3 is 1. The van der Waals surface area contributed by atoms with Crippen molar-refractivity contribution in [3.8, 4) is 0 Å². The summed E-state index contributed by atoms with van der Waals surface area (Å²) in [4.78, 5) is 1.40. The molecule has 0 bridgehead atoms. The summed E-state index contributed by atoms with van der Waals surface area (Å²) in [7, 11) is 3.19. The molecule has 2 nitrogen and oxygen atoms in total. The van der Waals surface area contributed by atoms with Crippen molar-refractivity contribution < 1.29 is 8.85 Å². The molecule has 0 radical (unpaired) electrons. The van der Waals surface area contributed by atoms with Crippen LogP contribution < -0.4 is 0 Å². The Morgan fingerprint density at radius 3 is 2.89 bits per heavy atom. The van der Waals surface area contributed by atoms with Crippen molar-refractivity contribution in [3.05, 3.63) is 46.7 Å². The van der Waals surface area contributed by atoms with Gasteiger partial charge in [-0.1, -0.05) is 29.8 Å². The molecule has 1 aromatic carbocycles. The predicted octanol–water partition coefficient (Wildman–Crippen LogP) is 3.81. The molecule has 1 aliphatic carbocycles. The lowest BCUT2D eigenvalue weighted by Crippen LogP contribution is -2.45. The molecule has 1 aromatic rings. The molecule has 1 aliphatic rings. The van der Waals surface area contributed by atoms with Gasteiger partial charge in [-0.2, -0.15) is 0 Å². The van der Waals surface area contributed by atoms with Gasteiger partial charge in [0.25, 0.3) is 0 Å². The summed E-state index contributed by atoms with van der Waals surface area (Å²) in [5, 5.41) is 0.554. The van der Waals surface area contributed by atoms with Gasteiger partial charge in [0, 0.05) is 9.13 Å². The Labute approximate surface area is 118 Å². The fourth-order valence-electron chi connectivity index (χ4n) is 2.71. The van der Waals surface area contributed by atoms with Crippen LogP contribution in [0, 0.1) is 0 Å². The molecule has 0 saturated heterocycles. The van der Waals surface area contributed by atoms with Crippen LogP contribution in [0.2, 0.25) is 5.02 Å². The highest BCUT2D eigenvalue weighted by atomic mass is 35.5.